The number of allylic oxidation sites excluding steroid dienone is 1. The zero-order chi connectivity index (χ0) is 30.4. The Morgan fingerprint density at radius 2 is 1.51 bits per heavy atom. The predicted molar refractivity (Wildman–Crippen MR) is 180 cm³/mol. The van der Waals surface area contributed by atoms with Crippen LogP contribution in [0.4, 0.5) is 22.7 Å². The minimum absolute atomic E-state index is 0.0763. The molecule has 1 amide bonds. The van der Waals surface area contributed by atoms with E-state index in [1.165, 1.54) is 24.2 Å². The average Bonchev–Trinajstić information content (AvgIpc) is 3.06. The molecule has 45 heavy (non-hydrogen) atoms. The fraction of sp³-hybridized carbons (Fsp3) is 0.605. The lowest BCUT2D eigenvalue weighted by atomic mass is 9.49. The van der Waals surface area contributed by atoms with Crippen LogP contribution >= 0.6 is 0 Å². The van der Waals surface area contributed by atoms with E-state index in [2.05, 4.69) is 63.7 Å². The van der Waals surface area contributed by atoms with E-state index in [0.29, 0.717) is 36.5 Å². The molecule has 2 N–H and O–H groups in total. The van der Waals surface area contributed by atoms with Gasteiger partial charge in [-0.05, 0) is 143 Å². The van der Waals surface area contributed by atoms with Gasteiger partial charge in [-0.15, -0.1) is 0 Å². The van der Waals surface area contributed by atoms with Crippen LogP contribution in [0.15, 0.2) is 60.7 Å². The predicted octanol–water partition coefficient (Wildman–Crippen LogP) is 6.04. The Balaban J connectivity index is 0.884. The highest BCUT2D eigenvalue weighted by Gasteiger charge is 2.54. The van der Waals surface area contributed by atoms with E-state index >= 15 is 0 Å². The number of hydrogen-bond donors (Lipinski definition) is 2. The summed E-state index contributed by atoms with van der Waals surface area (Å²) in [5, 5.41) is 14.4. The summed E-state index contributed by atoms with van der Waals surface area (Å²) in [4.78, 5) is 20.3. The van der Waals surface area contributed by atoms with E-state index in [-0.39, 0.29) is 5.91 Å². The van der Waals surface area contributed by atoms with Crippen molar-refractivity contribution in [2.24, 2.45) is 23.7 Å². The van der Waals surface area contributed by atoms with Crippen LogP contribution in [-0.2, 0) is 9.53 Å². The molecule has 6 fully saturated rings. The molecule has 2 aromatic carbocycles. The van der Waals surface area contributed by atoms with Gasteiger partial charge in [0.1, 0.15) is 0 Å². The van der Waals surface area contributed by atoms with Crippen molar-refractivity contribution in [1.82, 2.24) is 5.32 Å². The van der Waals surface area contributed by atoms with Gasteiger partial charge in [0, 0.05) is 37.6 Å². The lowest BCUT2D eigenvalue weighted by molar-refractivity contribution is -0.150. The maximum Gasteiger partial charge on any atom is 0.250 e. The fourth-order valence-corrected chi connectivity index (χ4v) is 10.0. The van der Waals surface area contributed by atoms with Gasteiger partial charge >= 0.3 is 0 Å². The summed E-state index contributed by atoms with van der Waals surface area (Å²) in [5.74, 6) is 2.67. The van der Waals surface area contributed by atoms with E-state index in [1.54, 1.807) is 0 Å². The molecule has 2 aromatic rings. The summed E-state index contributed by atoms with van der Waals surface area (Å²) in [6.07, 6.45) is 15.7. The zero-order valence-corrected chi connectivity index (χ0v) is 26.7. The minimum Gasteiger partial charge on any atom is -0.390 e. The topological polar surface area (TPSA) is 68.3 Å². The Kier molecular flexibility index (Phi) is 8.13. The van der Waals surface area contributed by atoms with Gasteiger partial charge in [-0.2, -0.15) is 0 Å². The lowest BCUT2D eigenvalue weighted by Gasteiger charge is -2.58. The SMILES string of the molecule is O=C(/C=C/CC1C2CC3CC1CC(O)(C3)C2)N1CCN(c2ccc(N3CCC(OC4CCNCC4)CC3)cc2)c2ccccc21. The molecule has 7 heteroatoms. The van der Waals surface area contributed by atoms with Crippen molar-refractivity contribution in [1.29, 1.82) is 0 Å². The van der Waals surface area contributed by atoms with Crippen LogP contribution in [0.2, 0.25) is 0 Å². The van der Waals surface area contributed by atoms with Crippen molar-refractivity contribution in [3.63, 3.8) is 0 Å². The number of carbonyl (C=O) groups excluding carboxylic acids is 1. The summed E-state index contributed by atoms with van der Waals surface area (Å²) in [7, 11) is 0. The second-order valence-corrected chi connectivity index (χ2v) is 14.9. The molecule has 2 saturated heterocycles. The first-order valence-corrected chi connectivity index (χ1v) is 17.8. The summed E-state index contributed by atoms with van der Waals surface area (Å²) >= 11 is 0. The smallest absolute Gasteiger partial charge is 0.250 e. The molecule has 0 spiro atoms. The van der Waals surface area contributed by atoms with E-state index < -0.39 is 5.60 Å². The van der Waals surface area contributed by atoms with Crippen molar-refractivity contribution in [2.45, 2.75) is 82.0 Å². The molecule has 240 valence electrons. The normalized spacial score (nSPS) is 32.0. The number of para-hydroxylation sites is 2. The highest BCUT2D eigenvalue weighted by molar-refractivity contribution is 6.05. The number of carbonyl (C=O) groups is 1. The van der Waals surface area contributed by atoms with Crippen LogP contribution < -0.4 is 20.0 Å². The van der Waals surface area contributed by atoms with Gasteiger partial charge in [0.15, 0.2) is 0 Å². The second-order valence-electron chi connectivity index (χ2n) is 14.9. The van der Waals surface area contributed by atoms with E-state index in [4.69, 9.17) is 4.74 Å². The van der Waals surface area contributed by atoms with E-state index in [1.807, 2.05) is 17.0 Å². The maximum atomic E-state index is 13.5. The fourth-order valence-electron chi connectivity index (χ4n) is 10.0. The summed E-state index contributed by atoms with van der Waals surface area (Å²) in [5.41, 5.74) is 4.12. The minimum atomic E-state index is -0.394. The summed E-state index contributed by atoms with van der Waals surface area (Å²) < 4.78 is 6.43. The third-order valence-electron chi connectivity index (χ3n) is 12.0. The molecule has 0 radical (unpaired) electrons. The van der Waals surface area contributed by atoms with Crippen molar-refractivity contribution >= 4 is 28.7 Å². The Morgan fingerprint density at radius 3 is 2.22 bits per heavy atom. The third-order valence-corrected chi connectivity index (χ3v) is 12.0. The highest BCUT2D eigenvalue weighted by atomic mass is 16.5. The maximum absolute atomic E-state index is 13.5. The Morgan fingerprint density at radius 1 is 0.844 bits per heavy atom. The molecule has 4 bridgehead atoms. The molecule has 2 unspecified atom stereocenters. The molecule has 4 saturated carbocycles. The molecule has 0 aromatic heterocycles. The van der Waals surface area contributed by atoms with E-state index in [9.17, 15) is 9.90 Å². The third kappa shape index (κ3) is 6.04. The number of nitrogens with zero attached hydrogens (tertiary/aromatic N) is 3. The van der Waals surface area contributed by atoms with Gasteiger partial charge in [-0.1, -0.05) is 18.2 Å². The quantitative estimate of drug-likeness (QED) is 0.373. The number of anilines is 4. The van der Waals surface area contributed by atoms with Crippen LogP contribution in [-0.4, -0.2) is 68.1 Å². The number of aliphatic hydroxyl groups is 1. The molecule has 4 aliphatic carbocycles. The number of benzene rings is 2. The molecule has 9 rings (SSSR count). The number of ether oxygens (including phenoxy) is 1. The number of fused-ring (bicyclic) bond motifs is 1. The molecular weight excluding hydrogens is 560 g/mol. The standard InChI is InChI=1S/C38H50N4O3/c43-37(7-3-4-34-28-22-27-23-29(34)26-38(44,24-27)25-28)42-21-20-41(35-5-1-2-6-36(35)42)31-10-8-30(9-11-31)40-18-14-33(15-19-40)45-32-12-16-39-17-13-32/h1-3,5-11,27-29,32-34,39,44H,4,12-26H2/b7-3+. The Bertz CT molecular complexity index is 1360. The van der Waals surface area contributed by atoms with Gasteiger partial charge < -0.3 is 29.9 Å². The summed E-state index contributed by atoms with van der Waals surface area (Å²) in [6, 6.07) is 17.3. The van der Waals surface area contributed by atoms with Crippen molar-refractivity contribution < 1.29 is 14.6 Å². The van der Waals surface area contributed by atoms with Gasteiger partial charge in [0.05, 0.1) is 29.2 Å². The van der Waals surface area contributed by atoms with Crippen LogP contribution in [0.25, 0.3) is 0 Å². The first-order valence-electron chi connectivity index (χ1n) is 17.8. The second kappa shape index (κ2) is 12.4. The number of hydrogen-bond acceptors (Lipinski definition) is 6. The average molecular weight is 611 g/mol. The van der Waals surface area contributed by atoms with Gasteiger partial charge in [0.2, 0.25) is 0 Å². The van der Waals surface area contributed by atoms with Crippen LogP contribution in [0.1, 0.15) is 64.2 Å². The number of nitrogens with one attached hydrogen (secondary N) is 1. The van der Waals surface area contributed by atoms with Crippen LogP contribution in [0.5, 0.6) is 0 Å². The van der Waals surface area contributed by atoms with Crippen LogP contribution in [0, 0.1) is 23.7 Å². The molecule has 7 aliphatic rings. The van der Waals surface area contributed by atoms with Gasteiger partial charge in [0.25, 0.3) is 5.91 Å². The first kappa shape index (κ1) is 29.5. The molecule has 3 heterocycles. The largest absolute Gasteiger partial charge is 0.390 e. The van der Waals surface area contributed by atoms with Gasteiger partial charge in [-0.3, -0.25) is 4.79 Å². The number of rotatable bonds is 7. The number of amides is 1. The van der Waals surface area contributed by atoms with Gasteiger partial charge in [-0.25, -0.2) is 0 Å². The van der Waals surface area contributed by atoms with Crippen LogP contribution in [0.3, 0.4) is 0 Å². The van der Waals surface area contributed by atoms with Crippen molar-refractivity contribution in [3.8, 4) is 0 Å². The Hall–Kier alpha value is -2.87. The molecule has 2 atom stereocenters. The zero-order valence-electron chi connectivity index (χ0n) is 26.7. The van der Waals surface area contributed by atoms with E-state index in [0.717, 1.165) is 101 Å². The summed E-state index contributed by atoms with van der Waals surface area (Å²) in [6.45, 7) is 5.67. The Labute approximate surface area is 268 Å². The lowest BCUT2D eigenvalue weighted by Crippen LogP contribution is -2.54. The molecule has 3 aliphatic heterocycles. The monoisotopic (exact) mass is 610 g/mol. The molecular formula is C38H50N4O3. The highest BCUT2D eigenvalue weighted by Crippen LogP contribution is 2.59. The van der Waals surface area contributed by atoms with Crippen molar-refractivity contribution in [2.75, 3.05) is 54.0 Å². The molecule has 7 nitrogen and oxygen atoms in total. The van der Waals surface area contributed by atoms with Crippen molar-refractivity contribution in [3.05, 3.63) is 60.7 Å². The first-order chi connectivity index (χ1) is 22.0. The number of piperidine rings is 2.